The lowest BCUT2D eigenvalue weighted by Gasteiger charge is -2.20. The summed E-state index contributed by atoms with van der Waals surface area (Å²) in [6, 6.07) is 7.52. The lowest BCUT2D eigenvalue weighted by atomic mass is 9.85. The summed E-state index contributed by atoms with van der Waals surface area (Å²) < 4.78 is 5.34. The van der Waals surface area contributed by atoms with E-state index < -0.39 is 0 Å². The van der Waals surface area contributed by atoms with Crippen molar-refractivity contribution in [3.05, 3.63) is 35.7 Å². The first kappa shape index (κ1) is 14.8. The summed E-state index contributed by atoms with van der Waals surface area (Å²) in [6.45, 7) is 4.04. The molecule has 1 aliphatic carbocycles. The van der Waals surface area contributed by atoms with Crippen LogP contribution in [0.15, 0.2) is 28.8 Å². The summed E-state index contributed by atoms with van der Waals surface area (Å²) in [5, 5.41) is 7.01. The van der Waals surface area contributed by atoms with Crippen LogP contribution in [0.3, 0.4) is 0 Å². The molecule has 0 aliphatic heterocycles. The van der Waals surface area contributed by atoms with Crippen molar-refractivity contribution in [2.45, 2.75) is 51.5 Å². The predicted molar refractivity (Wildman–Crippen MR) is 83.5 cm³/mol. The zero-order valence-electron chi connectivity index (χ0n) is 13.0. The molecule has 22 heavy (non-hydrogen) atoms. The summed E-state index contributed by atoms with van der Waals surface area (Å²) in [5.41, 5.74) is 1.43. The average Bonchev–Trinajstić information content (AvgIpc) is 2.94. The number of nitrogens with zero attached hydrogens (tertiary/aromatic N) is 2. The van der Waals surface area contributed by atoms with Crippen LogP contribution in [0.4, 0.5) is 0 Å². The molecule has 1 N–H and O–H groups in total. The van der Waals surface area contributed by atoms with Crippen LogP contribution in [0, 0.1) is 0 Å². The normalized spacial score (nSPS) is 16.1. The van der Waals surface area contributed by atoms with Gasteiger partial charge in [0.25, 0.3) is 5.91 Å². The van der Waals surface area contributed by atoms with E-state index in [2.05, 4.69) is 15.5 Å². The summed E-state index contributed by atoms with van der Waals surface area (Å²) >= 11 is 0. The Morgan fingerprint density at radius 1 is 1.45 bits per heavy atom. The number of nitrogens with one attached hydrogen (secondary N) is 1. The maximum absolute atomic E-state index is 12.2. The van der Waals surface area contributed by atoms with Crippen molar-refractivity contribution >= 4 is 5.91 Å². The molecule has 0 saturated heterocycles. The predicted octanol–water partition coefficient (Wildman–Crippen LogP) is 3.53. The molecule has 116 valence electrons. The van der Waals surface area contributed by atoms with Gasteiger partial charge in [0.2, 0.25) is 11.7 Å². The Morgan fingerprint density at radius 3 is 2.95 bits per heavy atom. The molecule has 1 fully saturated rings. The van der Waals surface area contributed by atoms with Gasteiger partial charge in [-0.25, -0.2) is 0 Å². The van der Waals surface area contributed by atoms with Crippen LogP contribution in [0.2, 0.25) is 0 Å². The first-order valence-electron chi connectivity index (χ1n) is 7.92. The quantitative estimate of drug-likeness (QED) is 0.917. The SMILES string of the molecule is CC[C@@H](C)NC(=O)c1cccc(-c2noc(C3CCC3)n2)c1. The fourth-order valence-corrected chi connectivity index (χ4v) is 2.38. The zero-order chi connectivity index (χ0) is 15.5. The highest BCUT2D eigenvalue weighted by molar-refractivity contribution is 5.95. The molecule has 0 spiro atoms. The fraction of sp³-hybridized carbons (Fsp3) is 0.471. The lowest BCUT2D eigenvalue weighted by molar-refractivity contribution is 0.0939. The molecule has 1 aromatic heterocycles. The number of amides is 1. The number of carbonyl (C=O) groups excluding carboxylic acids is 1. The minimum Gasteiger partial charge on any atom is -0.350 e. The van der Waals surface area contributed by atoms with Gasteiger partial charge < -0.3 is 9.84 Å². The monoisotopic (exact) mass is 299 g/mol. The van der Waals surface area contributed by atoms with Crippen LogP contribution in [0.25, 0.3) is 11.4 Å². The second-order valence-electron chi connectivity index (χ2n) is 5.95. The van der Waals surface area contributed by atoms with E-state index in [4.69, 9.17) is 4.52 Å². The highest BCUT2D eigenvalue weighted by atomic mass is 16.5. The molecule has 0 unspecified atom stereocenters. The number of aromatic nitrogens is 2. The largest absolute Gasteiger partial charge is 0.350 e. The Hall–Kier alpha value is -2.17. The molecule has 0 radical (unpaired) electrons. The molecule has 1 saturated carbocycles. The van der Waals surface area contributed by atoms with Gasteiger partial charge in [0.1, 0.15) is 0 Å². The summed E-state index contributed by atoms with van der Waals surface area (Å²) in [6.07, 6.45) is 4.38. The van der Waals surface area contributed by atoms with Crippen molar-refractivity contribution < 1.29 is 9.32 Å². The van der Waals surface area contributed by atoms with E-state index in [1.54, 1.807) is 6.07 Å². The Labute approximate surface area is 130 Å². The van der Waals surface area contributed by atoms with Crippen molar-refractivity contribution in [3.8, 4) is 11.4 Å². The van der Waals surface area contributed by atoms with Crippen molar-refractivity contribution in [2.75, 3.05) is 0 Å². The summed E-state index contributed by atoms with van der Waals surface area (Å²) in [5.74, 6) is 1.62. The number of hydrogen-bond acceptors (Lipinski definition) is 4. The molecule has 1 amide bonds. The Balaban J connectivity index is 1.78. The topological polar surface area (TPSA) is 68.0 Å². The van der Waals surface area contributed by atoms with Gasteiger partial charge in [-0.1, -0.05) is 30.6 Å². The van der Waals surface area contributed by atoms with Gasteiger partial charge in [-0.05, 0) is 38.3 Å². The van der Waals surface area contributed by atoms with Gasteiger partial charge in [-0.3, -0.25) is 4.79 Å². The summed E-state index contributed by atoms with van der Waals surface area (Å²) in [7, 11) is 0. The Kier molecular flexibility index (Phi) is 4.22. The van der Waals surface area contributed by atoms with Crippen molar-refractivity contribution in [1.29, 1.82) is 0 Å². The smallest absolute Gasteiger partial charge is 0.251 e. The highest BCUT2D eigenvalue weighted by Crippen LogP contribution is 2.35. The van der Waals surface area contributed by atoms with Gasteiger partial charge in [0.15, 0.2) is 0 Å². The van der Waals surface area contributed by atoms with E-state index in [9.17, 15) is 4.79 Å². The number of hydrogen-bond donors (Lipinski definition) is 1. The first-order valence-corrected chi connectivity index (χ1v) is 7.92. The Morgan fingerprint density at radius 2 is 2.27 bits per heavy atom. The molecule has 5 heteroatoms. The van der Waals surface area contributed by atoms with E-state index in [1.807, 2.05) is 32.0 Å². The third-order valence-electron chi connectivity index (χ3n) is 4.27. The van der Waals surface area contributed by atoms with E-state index in [-0.39, 0.29) is 11.9 Å². The van der Waals surface area contributed by atoms with Crippen molar-refractivity contribution in [3.63, 3.8) is 0 Å². The lowest BCUT2D eigenvalue weighted by Crippen LogP contribution is -2.31. The second kappa shape index (κ2) is 6.30. The molecular formula is C17H21N3O2. The van der Waals surface area contributed by atoms with Crippen molar-refractivity contribution in [1.82, 2.24) is 15.5 Å². The maximum Gasteiger partial charge on any atom is 0.251 e. The number of rotatable bonds is 5. The van der Waals surface area contributed by atoms with Gasteiger partial charge in [-0.2, -0.15) is 4.98 Å². The Bertz CT molecular complexity index is 661. The van der Waals surface area contributed by atoms with Crippen LogP contribution < -0.4 is 5.32 Å². The van der Waals surface area contributed by atoms with Gasteiger partial charge in [0.05, 0.1) is 0 Å². The minimum atomic E-state index is -0.0705. The fourth-order valence-electron chi connectivity index (χ4n) is 2.38. The van der Waals surface area contributed by atoms with E-state index in [0.717, 1.165) is 30.7 Å². The van der Waals surface area contributed by atoms with Crippen LogP contribution in [0.1, 0.15) is 61.7 Å². The van der Waals surface area contributed by atoms with Gasteiger partial charge in [-0.15, -0.1) is 0 Å². The molecule has 1 aromatic carbocycles. The minimum absolute atomic E-state index is 0.0705. The average molecular weight is 299 g/mol. The van der Waals surface area contributed by atoms with Crippen LogP contribution in [-0.4, -0.2) is 22.1 Å². The van der Waals surface area contributed by atoms with Gasteiger partial charge in [0, 0.05) is 23.1 Å². The number of benzene rings is 1. The highest BCUT2D eigenvalue weighted by Gasteiger charge is 2.25. The molecule has 2 aromatic rings. The molecule has 1 aliphatic rings. The molecular weight excluding hydrogens is 278 g/mol. The second-order valence-corrected chi connectivity index (χ2v) is 5.95. The molecule has 1 atom stereocenters. The summed E-state index contributed by atoms with van der Waals surface area (Å²) in [4.78, 5) is 16.7. The maximum atomic E-state index is 12.2. The standard InChI is InChI=1S/C17H21N3O2/c1-3-11(2)18-16(21)14-9-5-8-13(10-14)15-19-17(22-20-15)12-6-4-7-12/h5,8-12H,3-4,6-7H2,1-2H3,(H,18,21)/t11-/m1/s1. The first-order chi connectivity index (χ1) is 10.7. The van der Waals surface area contributed by atoms with E-state index >= 15 is 0 Å². The van der Waals surface area contributed by atoms with Crippen LogP contribution >= 0.6 is 0 Å². The van der Waals surface area contributed by atoms with E-state index in [0.29, 0.717) is 17.3 Å². The molecule has 3 rings (SSSR count). The third-order valence-corrected chi connectivity index (χ3v) is 4.27. The van der Waals surface area contributed by atoms with Crippen molar-refractivity contribution in [2.24, 2.45) is 0 Å². The van der Waals surface area contributed by atoms with Crippen LogP contribution in [-0.2, 0) is 0 Å². The zero-order valence-corrected chi connectivity index (χ0v) is 13.0. The molecule has 0 bridgehead atoms. The molecule has 1 heterocycles. The third kappa shape index (κ3) is 3.03. The number of carbonyl (C=O) groups is 1. The van der Waals surface area contributed by atoms with Crippen LogP contribution in [0.5, 0.6) is 0 Å². The van der Waals surface area contributed by atoms with Gasteiger partial charge >= 0.3 is 0 Å². The molecule has 5 nitrogen and oxygen atoms in total. The van der Waals surface area contributed by atoms with E-state index in [1.165, 1.54) is 6.42 Å².